The molecule has 1 amide bonds. The Morgan fingerprint density at radius 2 is 1.78 bits per heavy atom. The second-order valence-corrected chi connectivity index (χ2v) is 9.61. The van der Waals surface area contributed by atoms with Crippen LogP contribution in [0.1, 0.15) is 22.0 Å². The standard InChI is InChI=1S/C22H18FN3O4S2/c23-16-7-9-17(10-8-16)32(29,30)26-22-25-18-11-6-15(12-20(18)31-22)21(28)24-13-19(27)14-4-2-1-3-5-14/h1-12,19,27H,13H2,(H,24,28)(H,25,26)/t19-/m1/s1. The molecular weight excluding hydrogens is 453 g/mol. The number of aliphatic hydroxyl groups is 1. The number of carbonyl (C=O) groups excluding carboxylic acids is 1. The van der Waals surface area contributed by atoms with Crippen molar-refractivity contribution in [1.29, 1.82) is 0 Å². The Morgan fingerprint density at radius 3 is 2.50 bits per heavy atom. The fraction of sp³-hybridized carbons (Fsp3) is 0.0909. The summed E-state index contributed by atoms with van der Waals surface area (Å²) in [5.74, 6) is -0.908. The Balaban J connectivity index is 1.46. The maximum Gasteiger partial charge on any atom is 0.263 e. The number of aromatic nitrogens is 1. The summed E-state index contributed by atoms with van der Waals surface area (Å²) in [5, 5.41) is 13.0. The van der Waals surface area contributed by atoms with Crippen LogP contribution in [0.3, 0.4) is 0 Å². The highest BCUT2D eigenvalue weighted by Crippen LogP contribution is 2.28. The molecule has 0 aliphatic rings. The van der Waals surface area contributed by atoms with E-state index in [1.165, 1.54) is 0 Å². The zero-order valence-electron chi connectivity index (χ0n) is 16.5. The fourth-order valence-corrected chi connectivity index (χ4v) is 5.12. The van der Waals surface area contributed by atoms with E-state index in [1.54, 1.807) is 42.5 Å². The molecule has 0 spiro atoms. The highest BCUT2D eigenvalue weighted by molar-refractivity contribution is 7.93. The van der Waals surface area contributed by atoms with Crippen molar-refractivity contribution >= 4 is 42.6 Å². The molecule has 0 saturated carbocycles. The third-order valence-corrected chi connectivity index (χ3v) is 7.05. The highest BCUT2D eigenvalue weighted by Gasteiger charge is 2.18. The molecule has 1 aromatic heterocycles. The first-order chi connectivity index (χ1) is 15.3. The molecule has 4 aromatic rings. The van der Waals surface area contributed by atoms with Crippen molar-refractivity contribution in [1.82, 2.24) is 10.3 Å². The first kappa shape index (κ1) is 21.9. The van der Waals surface area contributed by atoms with E-state index in [0.717, 1.165) is 35.6 Å². The van der Waals surface area contributed by atoms with Crippen molar-refractivity contribution in [3.63, 3.8) is 0 Å². The van der Waals surface area contributed by atoms with Gasteiger partial charge in [0.2, 0.25) is 0 Å². The molecule has 1 heterocycles. The van der Waals surface area contributed by atoms with Crippen LogP contribution in [-0.4, -0.2) is 31.0 Å². The number of thiazole rings is 1. The molecule has 0 radical (unpaired) electrons. The molecule has 4 rings (SSSR count). The molecule has 164 valence electrons. The first-order valence-corrected chi connectivity index (χ1v) is 11.8. The minimum absolute atomic E-state index is 0.0479. The van der Waals surface area contributed by atoms with Gasteiger partial charge in [-0.15, -0.1) is 0 Å². The van der Waals surface area contributed by atoms with E-state index in [1.807, 2.05) is 6.07 Å². The van der Waals surface area contributed by atoms with Gasteiger partial charge < -0.3 is 10.4 Å². The number of rotatable bonds is 7. The smallest absolute Gasteiger partial charge is 0.263 e. The van der Waals surface area contributed by atoms with Crippen LogP contribution in [0.15, 0.2) is 77.7 Å². The van der Waals surface area contributed by atoms with Crippen molar-refractivity contribution < 1.29 is 22.7 Å². The lowest BCUT2D eigenvalue weighted by molar-refractivity contribution is 0.0916. The van der Waals surface area contributed by atoms with Crippen LogP contribution in [-0.2, 0) is 10.0 Å². The molecule has 0 bridgehead atoms. The molecule has 32 heavy (non-hydrogen) atoms. The molecule has 0 unspecified atom stereocenters. The summed E-state index contributed by atoms with van der Waals surface area (Å²) < 4.78 is 41.0. The third kappa shape index (κ3) is 4.93. The van der Waals surface area contributed by atoms with Crippen LogP contribution in [0.2, 0.25) is 0 Å². The molecule has 3 N–H and O–H groups in total. The van der Waals surface area contributed by atoms with Crippen molar-refractivity contribution in [2.24, 2.45) is 0 Å². The Hall–Kier alpha value is -3.34. The maximum absolute atomic E-state index is 13.1. The average molecular weight is 472 g/mol. The minimum Gasteiger partial charge on any atom is -0.387 e. The number of fused-ring (bicyclic) bond motifs is 1. The summed E-state index contributed by atoms with van der Waals surface area (Å²) in [5.41, 5.74) is 1.57. The minimum atomic E-state index is -3.92. The zero-order chi connectivity index (χ0) is 22.7. The Bertz CT molecular complexity index is 1360. The lowest BCUT2D eigenvalue weighted by atomic mass is 10.1. The number of amides is 1. The van der Waals surface area contributed by atoms with Gasteiger partial charge in [0.05, 0.1) is 21.2 Å². The third-order valence-electron chi connectivity index (χ3n) is 4.64. The Labute approximate surface area is 187 Å². The average Bonchev–Trinajstić information content (AvgIpc) is 3.18. The van der Waals surface area contributed by atoms with Crippen molar-refractivity contribution in [2.45, 2.75) is 11.0 Å². The molecule has 0 aliphatic carbocycles. The number of halogens is 1. The second-order valence-electron chi connectivity index (χ2n) is 6.90. The first-order valence-electron chi connectivity index (χ1n) is 9.52. The summed E-state index contributed by atoms with van der Waals surface area (Å²) in [6, 6.07) is 18.2. The van der Waals surface area contributed by atoms with Gasteiger partial charge in [0, 0.05) is 12.1 Å². The van der Waals surface area contributed by atoms with E-state index in [4.69, 9.17) is 0 Å². The second kappa shape index (κ2) is 9.03. The predicted molar refractivity (Wildman–Crippen MR) is 121 cm³/mol. The van der Waals surface area contributed by atoms with Gasteiger partial charge in [0.25, 0.3) is 15.9 Å². The lowest BCUT2D eigenvalue weighted by Crippen LogP contribution is -2.28. The number of carbonyl (C=O) groups is 1. The largest absolute Gasteiger partial charge is 0.387 e. The van der Waals surface area contributed by atoms with E-state index >= 15 is 0 Å². The molecule has 0 fully saturated rings. The highest BCUT2D eigenvalue weighted by atomic mass is 32.2. The number of hydrogen-bond donors (Lipinski definition) is 3. The van der Waals surface area contributed by atoms with Crippen LogP contribution in [0.25, 0.3) is 10.2 Å². The van der Waals surface area contributed by atoms with Gasteiger partial charge in [0.15, 0.2) is 5.13 Å². The number of sulfonamides is 1. The molecule has 1 atom stereocenters. The van der Waals surface area contributed by atoms with Crippen molar-refractivity contribution in [2.75, 3.05) is 11.3 Å². The molecule has 7 nitrogen and oxygen atoms in total. The van der Waals surface area contributed by atoms with Crippen LogP contribution < -0.4 is 10.0 Å². The monoisotopic (exact) mass is 471 g/mol. The SMILES string of the molecule is O=C(NC[C@@H](O)c1ccccc1)c1ccc2nc(NS(=O)(=O)c3ccc(F)cc3)sc2c1. The summed E-state index contributed by atoms with van der Waals surface area (Å²) in [6.07, 6.45) is -0.834. The van der Waals surface area contributed by atoms with E-state index in [2.05, 4.69) is 15.0 Å². The molecule has 0 aliphatic heterocycles. The van der Waals surface area contributed by atoms with Gasteiger partial charge >= 0.3 is 0 Å². The van der Waals surface area contributed by atoms with Crippen LogP contribution >= 0.6 is 11.3 Å². The van der Waals surface area contributed by atoms with Gasteiger partial charge in [-0.05, 0) is 48.0 Å². The molecule has 10 heteroatoms. The zero-order valence-corrected chi connectivity index (χ0v) is 18.2. The number of nitrogens with one attached hydrogen (secondary N) is 2. The fourth-order valence-electron chi connectivity index (χ4n) is 2.98. The van der Waals surface area contributed by atoms with E-state index in [0.29, 0.717) is 21.3 Å². The van der Waals surface area contributed by atoms with E-state index < -0.39 is 21.9 Å². The number of aliphatic hydroxyl groups excluding tert-OH is 1. The van der Waals surface area contributed by atoms with E-state index in [-0.39, 0.29) is 22.5 Å². The normalized spacial score (nSPS) is 12.4. The molecule has 0 saturated heterocycles. The predicted octanol–water partition coefficient (Wildman–Crippen LogP) is 3.70. The van der Waals surface area contributed by atoms with Gasteiger partial charge in [-0.1, -0.05) is 41.7 Å². The van der Waals surface area contributed by atoms with Crippen LogP contribution in [0, 0.1) is 5.82 Å². The van der Waals surface area contributed by atoms with Crippen LogP contribution in [0.5, 0.6) is 0 Å². The van der Waals surface area contributed by atoms with Gasteiger partial charge in [-0.2, -0.15) is 0 Å². The molecular formula is C22H18FN3O4S2. The summed E-state index contributed by atoms with van der Waals surface area (Å²) in [6.45, 7) is 0.0479. The Morgan fingerprint density at radius 1 is 1.06 bits per heavy atom. The van der Waals surface area contributed by atoms with Crippen molar-refractivity contribution in [3.8, 4) is 0 Å². The summed E-state index contributed by atoms with van der Waals surface area (Å²) in [4.78, 5) is 16.6. The number of anilines is 1. The van der Waals surface area contributed by atoms with Gasteiger partial charge in [-0.25, -0.2) is 17.8 Å². The van der Waals surface area contributed by atoms with E-state index in [9.17, 15) is 22.7 Å². The van der Waals surface area contributed by atoms with Crippen LogP contribution in [0.4, 0.5) is 9.52 Å². The summed E-state index contributed by atoms with van der Waals surface area (Å²) in [7, 11) is -3.92. The number of hydrogen-bond acceptors (Lipinski definition) is 6. The Kier molecular flexibility index (Phi) is 6.17. The maximum atomic E-state index is 13.1. The number of nitrogens with zero attached hydrogens (tertiary/aromatic N) is 1. The molecule has 3 aromatic carbocycles. The quantitative estimate of drug-likeness (QED) is 0.381. The number of benzene rings is 3. The lowest BCUT2D eigenvalue weighted by Gasteiger charge is -2.12. The van der Waals surface area contributed by atoms with Gasteiger partial charge in [0.1, 0.15) is 5.82 Å². The summed E-state index contributed by atoms with van der Waals surface area (Å²) >= 11 is 1.07. The topological polar surface area (TPSA) is 108 Å². The van der Waals surface area contributed by atoms with Gasteiger partial charge in [-0.3, -0.25) is 9.52 Å². The van der Waals surface area contributed by atoms with Crippen molar-refractivity contribution in [3.05, 3.63) is 89.7 Å².